The number of urea groups is 1. The molecule has 2 amide bonds. The van der Waals surface area contributed by atoms with Crippen LogP contribution in [0.2, 0.25) is 0 Å². The summed E-state index contributed by atoms with van der Waals surface area (Å²) in [7, 11) is 0. The van der Waals surface area contributed by atoms with Gasteiger partial charge < -0.3 is 10.0 Å². The van der Waals surface area contributed by atoms with Crippen LogP contribution in [0.1, 0.15) is 38.7 Å². The monoisotopic (exact) mass is 302 g/mol. The largest absolute Gasteiger partial charge is 0.481 e. The summed E-state index contributed by atoms with van der Waals surface area (Å²) < 4.78 is 0. The van der Waals surface area contributed by atoms with Crippen molar-refractivity contribution in [3.63, 3.8) is 0 Å². The van der Waals surface area contributed by atoms with Crippen molar-refractivity contribution in [3.8, 4) is 0 Å². The molecule has 5 heteroatoms. The molecule has 0 unspecified atom stereocenters. The smallest absolute Gasteiger partial charge is 0.324 e. The van der Waals surface area contributed by atoms with E-state index >= 15 is 0 Å². The van der Waals surface area contributed by atoms with Gasteiger partial charge in [0.15, 0.2) is 0 Å². The van der Waals surface area contributed by atoms with Crippen LogP contribution < -0.4 is 4.90 Å². The van der Waals surface area contributed by atoms with Crippen molar-refractivity contribution in [3.05, 3.63) is 29.8 Å². The van der Waals surface area contributed by atoms with Gasteiger partial charge in [0.2, 0.25) is 0 Å². The number of para-hydroxylation sites is 1. The summed E-state index contributed by atoms with van der Waals surface area (Å²) in [4.78, 5) is 27.4. The highest BCUT2D eigenvalue weighted by atomic mass is 16.4. The highest BCUT2D eigenvalue weighted by Crippen LogP contribution is 2.54. The second kappa shape index (κ2) is 5.30. The molecule has 5 nitrogen and oxygen atoms in total. The van der Waals surface area contributed by atoms with Gasteiger partial charge in [0.05, 0.1) is 6.42 Å². The van der Waals surface area contributed by atoms with Gasteiger partial charge in [0.25, 0.3) is 0 Å². The van der Waals surface area contributed by atoms with Gasteiger partial charge in [0, 0.05) is 30.2 Å². The molecule has 1 aliphatic heterocycles. The van der Waals surface area contributed by atoms with Crippen LogP contribution in [-0.4, -0.2) is 41.1 Å². The van der Waals surface area contributed by atoms with Crippen molar-refractivity contribution in [2.75, 3.05) is 18.0 Å². The van der Waals surface area contributed by atoms with Crippen molar-refractivity contribution in [1.29, 1.82) is 0 Å². The zero-order valence-electron chi connectivity index (χ0n) is 13.1. The number of aliphatic carboxylic acids is 1. The number of carbonyl (C=O) groups is 2. The molecule has 0 atom stereocenters. The fourth-order valence-electron chi connectivity index (χ4n) is 3.40. The Bertz CT molecular complexity index is 608. The van der Waals surface area contributed by atoms with Crippen LogP contribution in [0.15, 0.2) is 24.3 Å². The van der Waals surface area contributed by atoms with Gasteiger partial charge in [-0.2, -0.15) is 0 Å². The third-order valence-electron chi connectivity index (χ3n) is 4.77. The van der Waals surface area contributed by atoms with Crippen LogP contribution in [0.5, 0.6) is 0 Å². The van der Waals surface area contributed by atoms with E-state index in [2.05, 4.69) is 0 Å². The lowest BCUT2D eigenvalue weighted by molar-refractivity contribution is -0.137. The molecule has 0 radical (unpaired) electrons. The van der Waals surface area contributed by atoms with E-state index in [0.717, 1.165) is 30.6 Å². The highest BCUT2D eigenvalue weighted by molar-refractivity contribution is 5.95. The van der Waals surface area contributed by atoms with E-state index in [9.17, 15) is 14.7 Å². The number of rotatable bonds is 5. The molecule has 1 aromatic carbocycles. The number of carboxylic acid groups (broad SMARTS) is 1. The molecule has 0 spiro atoms. The van der Waals surface area contributed by atoms with Crippen molar-refractivity contribution in [2.24, 2.45) is 0 Å². The highest BCUT2D eigenvalue weighted by Gasteiger charge is 2.48. The van der Waals surface area contributed by atoms with Crippen molar-refractivity contribution >= 4 is 17.7 Å². The Kier molecular flexibility index (Phi) is 3.59. The van der Waals surface area contributed by atoms with Gasteiger partial charge in [-0.25, -0.2) is 4.79 Å². The molecule has 0 bridgehead atoms. The van der Waals surface area contributed by atoms with Crippen LogP contribution >= 0.6 is 0 Å². The summed E-state index contributed by atoms with van der Waals surface area (Å²) in [6.07, 6.45) is 1.90. The molecule has 1 saturated heterocycles. The fraction of sp³-hybridized carbons (Fsp3) is 0.529. The first-order valence-corrected chi connectivity index (χ1v) is 7.84. The standard InChI is InChI=1S/C17H22N2O3/c1-12(2)18-9-10-19(16(18)22)14-6-4-3-5-13(14)17(7-8-17)11-15(20)21/h3-6,12H,7-11H2,1-2H3,(H,20,21). The molecule has 1 N–H and O–H groups in total. The molecule has 22 heavy (non-hydrogen) atoms. The van der Waals surface area contributed by atoms with Crippen molar-refractivity contribution in [2.45, 2.75) is 44.6 Å². The Morgan fingerprint density at radius 3 is 2.50 bits per heavy atom. The Morgan fingerprint density at radius 2 is 1.95 bits per heavy atom. The third-order valence-corrected chi connectivity index (χ3v) is 4.77. The number of carbonyl (C=O) groups excluding carboxylic acids is 1. The normalized spacial score (nSPS) is 19.9. The zero-order valence-corrected chi connectivity index (χ0v) is 13.1. The van der Waals surface area contributed by atoms with Crippen molar-refractivity contribution in [1.82, 2.24) is 4.90 Å². The van der Waals surface area contributed by atoms with E-state index in [4.69, 9.17) is 0 Å². The molecule has 1 saturated carbocycles. The quantitative estimate of drug-likeness (QED) is 0.910. The number of nitrogens with zero attached hydrogens (tertiary/aromatic N) is 2. The van der Waals surface area contributed by atoms with E-state index in [1.54, 1.807) is 4.90 Å². The summed E-state index contributed by atoms with van der Waals surface area (Å²) in [5, 5.41) is 9.18. The van der Waals surface area contributed by atoms with Gasteiger partial charge in [-0.3, -0.25) is 9.69 Å². The van der Waals surface area contributed by atoms with Gasteiger partial charge in [-0.1, -0.05) is 18.2 Å². The molecule has 2 fully saturated rings. The predicted molar refractivity (Wildman–Crippen MR) is 84.2 cm³/mol. The Balaban J connectivity index is 1.93. The molecule has 2 aliphatic rings. The summed E-state index contributed by atoms with van der Waals surface area (Å²) >= 11 is 0. The van der Waals surface area contributed by atoms with Gasteiger partial charge in [-0.05, 0) is 38.3 Å². The number of carboxylic acids is 1. The second-order valence-corrected chi connectivity index (χ2v) is 6.59. The maximum Gasteiger partial charge on any atom is 0.324 e. The SMILES string of the molecule is CC(C)N1CCN(c2ccccc2C2(CC(=O)O)CC2)C1=O. The predicted octanol–water partition coefficient (Wildman–Crippen LogP) is 2.84. The number of hydrogen-bond acceptors (Lipinski definition) is 2. The van der Waals surface area contributed by atoms with Crippen LogP contribution in [-0.2, 0) is 10.2 Å². The zero-order chi connectivity index (χ0) is 15.9. The molecule has 1 aliphatic carbocycles. The van der Waals surface area contributed by atoms with E-state index in [0.29, 0.717) is 6.54 Å². The first kappa shape index (κ1) is 14.9. The first-order valence-electron chi connectivity index (χ1n) is 7.84. The minimum absolute atomic E-state index is 0.0218. The second-order valence-electron chi connectivity index (χ2n) is 6.59. The van der Waals surface area contributed by atoms with Gasteiger partial charge in [0.1, 0.15) is 0 Å². The van der Waals surface area contributed by atoms with Crippen LogP contribution in [0.3, 0.4) is 0 Å². The number of amides is 2. The summed E-state index contributed by atoms with van der Waals surface area (Å²) in [6, 6.07) is 7.98. The maximum absolute atomic E-state index is 12.6. The van der Waals surface area contributed by atoms with E-state index in [1.807, 2.05) is 43.0 Å². The third kappa shape index (κ3) is 2.45. The molecule has 1 aromatic rings. The molecular formula is C17H22N2O3. The van der Waals surface area contributed by atoms with Crippen molar-refractivity contribution < 1.29 is 14.7 Å². The molecule has 3 rings (SSSR count). The average molecular weight is 302 g/mol. The summed E-state index contributed by atoms with van der Waals surface area (Å²) in [5.74, 6) is -0.774. The van der Waals surface area contributed by atoms with Crippen LogP contribution in [0, 0.1) is 0 Å². The first-order chi connectivity index (χ1) is 10.4. The van der Waals surface area contributed by atoms with Crippen LogP contribution in [0.25, 0.3) is 0 Å². The number of hydrogen-bond donors (Lipinski definition) is 1. The topological polar surface area (TPSA) is 60.9 Å². The Hall–Kier alpha value is -2.04. The number of anilines is 1. The fourth-order valence-corrected chi connectivity index (χ4v) is 3.40. The summed E-state index contributed by atoms with van der Waals surface area (Å²) in [5.41, 5.74) is 1.61. The van der Waals surface area contributed by atoms with Gasteiger partial charge in [-0.15, -0.1) is 0 Å². The lowest BCUT2D eigenvalue weighted by Gasteiger charge is -2.25. The minimum Gasteiger partial charge on any atom is -0.481 e. The lowest BCUT2D eigenvalue weighted by Crippen LogP contribution is -2.36. The minimum atomic E-state index is -0.774. The Labute approximate surface area is 130 Å². The molecule has 118 valence electrons. The Morgan fingerprint density at radius 1 is 1.27 bits per heavy atom. The number of benzene rings is 1. The molecule has 0 aromatic heterocycles. The van der Waals surface area contributed by atoms with E-state index in [1.165, 1.54) is 0 Å². The van der Waals surface area contributed by atoms with Gasteiger partial charge >= 0.3 is 12.0 Å². The van der Waals surface area contributed by atoms with Crippen LogP contribution in [0.4, 0.5) is 10.5 Å². The van der Waals surface area contributed by atoms with E-state index in [-0.39, 0.29) is 23.9 Å². The summed E-state index contributed by atoms with van der Waals surface area (Å²) in [6.45, 7) is 5.41. The molecule has 1 heterocycles. The lowest BCUT2D eigenvalue weighted by atomic mass is 9.90. The van der Waals surface area contributed by atoms with E-state index < -0.39 is 5.97 Å². The molecular weight excluding hydrogens is 280 g/mol. The average Bonchev–Trinajstić information content (AvgIpc) is 3.12. The maximum atomic E-state index is 12.6.